The van der Waals surface area contributed by atoms with Gasteiger partial charge in [0.15, 0.2) is 11.5 Å². The molecule has 0 aromatic heterocycles. The molecule has 0 aliphatic rings. The number of ether oxygens (including phenoxy) is 2. The highest BCUT2D eigenvalue weighted by Gasteiger charge is 2.06. The highest BCUT2D eigenvalue weighted by atomic mass is 16.5. The SMILES string of the molecule is COc1cc2cc3ccccc3cc2cc1OC. The highest BCUT2D eigenvalue weighted by molar-refractivity contribution is 5.99. The van der Waals surface area contributed by atoms with Crippen molar-refractivity contribution in [2.24, 2.45) is 0 Å². The Morgan fingerprint density at radius 3 is 1.44 bits per heavy atom. The normalized spacial score (nSPS) is 10.8. The fraction of sp³-hybridized carbons (Fsp3) is 0.125. The molecule has 90 valence electrons. The van der Waals surface area contributed by atoms with Gasteiger partial charge in [0.2, 0.25) is 0 Å². The number of benzene rings is 3. The summed E-state index contributed by atoms with van der Waals surface area (Å²) in [6, 6.07) is 16.7. The Labute approximate surface area is 106 Å². The molecule has 0 bridgehead atoms. The van der Waals surface area contributed by atoms with Crippen molar-refractivity contribution in [1.82, 2.24) is 0 Å². The Morgan fingerprint density at radius 2 is 1.06 bits per heavy atom. The lowest BCUT2D eigenvalue weighted by Gasteiger charge is -2.10. The minimum absolute atomic E-state index is 0.764. The maximum Gasteiger partial charge on any atom is 0.161 e. The predicted molar refractivity (Wildman–Crippen MR) is 74.6 cm³/mol. The van der Waals surface area contributed by atoms with Crippen molar-refractivity contribution in [1.29, 1.82) is 0 Å². The number of hydrogen-bond acceptors (Lipinski definition) is 2. The number of methoxy groups -OCH3 is 2. The molecule has 0 fully saturated rings. The van der Waals surface area contributed by atoms with E-state index in [9.17, 15) is 0 Å². The second-order valence-electron chi connectivity index (χ2n) is 4.25. The van der Waals surface area contributed by atoms with Gasteiger partial charge in [0, 0.05) is 0 Å². The van der Waals surface area contributed by atoms with Crippen LogP contribution in [0.4, 0.5) is 0 Å². The molecule has 0 unspecified atom stereocenters. The Bertz CT molecular complexity index is 655. The molecule has 0 spiro atoms. The minimum atomic E-state index is 0.764. The summed E-state index contributed by atoms with van der Waals surface area (Å²) in [5.41, 5.74) is 0. The molecule has 3 aromatic carbocycles. The van der Waals surface area contributed by atoms with Gasteiger partial charge >= 0.3 is 0 Å². The first kappa shape index (κ1) is 10.9. The second-order valence-corrected chi connectivity index (χ2v) is 4.25. The molecule has 0 radical (unpaired) electrons. The molecule has 2 nitrogen and oxygen atoms in total. The van der Waals surface area contributed by atoms with Crippen molar-refractivity contribution >= 4 is 21.5 Å². The second kappa shape index (κ2) is 4.22. The minimum Gasteiger partial charge on any atom is -0.493 e. The molecule has 0 atom stereocenters. The Morgan fingerprint density at radius 1 is 0.611 bits per heavy atom. The van der Waals surface area contributed by atoms with Crippen LogP contribution in [0.25, 0.3) is 21.5 Å². The van der Waals surface area contributed by atoms with Gasteiger partial charge in [-0.3, -0.25) is 0 Å². The van der Waals surface area contributed by atoms with Gasteiger partial charge in [-0.05, 0) is 45.8 Å². The summed E-state index contributed by atoms with van der Waals surface area (Å²) < 4.78 is 10.7. The summed E-state index contributed by atoms with van der Waals surface area (Å²) in [4.78, 5) is 0. The van der Waals surface area contributed by atoms with Gasteiger partial charge in [-0.25, -0.2) is 0 Å². The van der Waals surface area contributed by atoms with Crippen LogP contribution >= 0.6 is 0 Å². The monoisotopic (exact) mass is 238 g/mol. The summed E-state index contributed by atoms with van der Waals surface area (Å²) in [7, 11) is 3.31. The first-order valence-corrected chi connectivity index (χ1v) is 5.86. The molecule has 3 aromatic rings. The Hall–Kier alpha value is -2.22. The van der Waals surface area contributed by atoms with Crippen LogP contribution in [-0.4, -0.2) is 14.2 Å². The zero-order valence-corrected chi connectivity index (χ0v) is 10.4. The van der Waals surface area contributed by atoms with E-state index in [1.165, 1.54) is 10.8 Å². The molecule has 0 saturated carbocycles. The van der Waals surface area contributed by atoms with Gasteiger partial charge in [-0.1, -0.05) is 24.3 Å². The third-order valence-corrected chi connectivity index (χ3v) is 3.21. The molecule has 3 rings (SSSR count). The average Bonchev–Trinajstić information content (AvgIpc) is 2.43. The van der Waals surface area contributed by atoms with Crippen LogP contribution in [0.3, 0.4) is 0 Å². The number of rotatable bonds is 2. The molecule has 18 heavy (non-hydrogen) atoms. The van der Waals surface area contributed by atoms with Gasteiger partial charge in [0.05, 0.1) is 14.2 Å². The molecular weight excluding hydrogens is 224 g/mol. The molecule has 0 aliphatic heterocycles. The van der Waals surface area contributed by atoms with Gasteiger partial charge in [-0.2, -0.15) is 0 Å². The molecule has 0 amide bonds. The molecule has 0 heterocycles. The van der Waals surface area contributed by atoms with E-state index >= 15 is 0 Å². The van der Waals surface area contributed by atoms with E-state index in [-0.39, 0.29) is 0 Å². The van der Waals surface area contributed by atoms with E-state index in [0.717, 1.165) is 22.3 Å². The predicted octanol–water partition coefficient (Wildman–Crippen LogP) is 4.01. The quantitative estimate of drug-likeness (QED) is 0.628. The van der Waals surface area contributed by atoms with Gasteiger partial charge in [-0.15, -0.1) is 0 Å². The summed E-state index contributed by atoms with van der Waals surface area (Å²) in [5.74, 6) is 1.53. The van der Waals surface area contributed by atoms with Crippen molar-refractivity contribution in [3.63, 3.8) is 0 Å². The van der Waals surface area contributed by atoms with E-state index in [2.05, 4.69) is 36.4 Å². The van der Waals surface area contributed by atoms with Crippen molar-refractivity contribution < 1.29 is 9.47 Å². The largest absolute Gasteiger partial charge is 0.493 e. The molecule has 2 heteroatoms. The van der Waals surface area contributed by atoms with Crippen molar-refractivity contribution in [3.8, 4) is 11.5 Å². The number of hydrogen-bond donors (Lipinski definition) is 0. The summed E-state index contributed by atoms with van der Waals surface area (Å²) >= 11 is 0. The molecule has 0 aliphatic carbocycles. The zero-order chi connectivity index (χ0) is 12.5. The van der Waals surface area contributed by atoms with Gasteiger partial charge < -0.3 is 9.47 Å². The highest BCUT2D eigenvalue weighted by Crippen LogP contribution is 2.33. The third-order valence-electron chi connectivity index (χ3n) is 3.21. The fourth-order valence-electron chi connectivity index (χ4n) is 2.27. The topological polar surface area (TPSA) is 18.5 Å². The van der Waals surface area contributed by atoms with Crippen LogP contribution in [0.15, 0.2) is 48.5 Å². The van der Waals surface area contributed by atoms with Crippen molar-refractivity contribution in [2.75, 3.05) is 14.2 Å². The van der Waals surface area contributed by atoms with Crippen molar-refractivity contribution in [2.45, 2.75) is 0 Å². The van der Waals surface area contributed by atoms with Gasteiger partial charge in [0.25, 0.3) is 0 Å². The lowest BCUT2D eigenvalue weighted by molar-refractivity contribution is 0.356. The molecular formula is C16H14O2. The van der Waals surface area contributed by atoms with Crippen LogP contribution in [0.5, 0.6) is 11.5 Å². The zero-order valence-electron chi connectivity index (χ0n) is 10.4. The van der Waals surface area contributed by atoms with Crippen LogP contribution in [0, 0.1) is 0 Å². The molecule has 0 saturated heterocycles. The van der Waals surface area contributed by atoms with Crippen LogP contribution in [0.1, 0.15) is 0 Å². The van der Waals surface area contributed by atoms with Crippen LogP contribution < -0.4 is 9.47 Å². The molecule has 0 N–H and O–H groups in total. The maximum atomic E-state index is 5.33. The lowest BCUT2D eigenvalue weighted by atomic mass is 10.0. The summed E-state index contributed by atoms with van der Waals surface area (Å²) in [6.07, 6.45) is 0. The Balaban J connectivity index is 2.36. The third kappa shape index (κ3) is 1.66. The standard InChI is InChI=1S/C16H14O2/c1-17-15-9-13-7-11-5-3-4-6-12(11)8-14(13)10-16(15)18-2/h3-10H,1-2H3. The summed E-state index contributed by atoms with van der Waals surface area (Å²) in [6.45, 7) is 0. The first-order chi connectivity index (χ1) is 8.81. The van der Waals surface area contributed by atoms with E-state index < -0.39 is 0 Å². The van der Waals surface area contributed by atoms with Crippen LogP contribution in [0.2, 0.25) is 0 Å². The fourth-order valence-corrected chi connectivity index (χ4v) is 2.27. The first-order valence-electron chi connectivity index (χ1n) is 5.86. The Kier molecular flexibility index (Phi) is 2.56. The van der Waals surface area contributed by atoms with E-state index in [4.69, 9.17) is 9.47 Å². The van der Waals surface area contributed by atoms with E-state index in [1.807, 2.05) is 12.1 Å². The van der Waals surface area contributed by atoms with E-state index in [1.54, 1.807) is 14.2 Å². The van der Waals surface area contributed by atoms with Crippen molar-refractivity contribution in [3.05, 3.63) is 48.5 Å². The lowest BCUT2D eigenvalue weighted by Crippen LogP contribution is -1.90. The summed E-state index contributed by atoms with van der Waals surface area (Å²) in [5, 5.41) is 4.78. The van der Waals surface area contributed by atoms with E-state index in [0.29, 0.717) is 0 Å². The maximum absolute atomic E-state index is 5.33. The number of fused-ring (bicyclic) bond motifs is 2. The smallest absolute Gasteiger partial charge is 0.161 e. The average molecular weight is 238 g/mol. The van der Waals surface area contributed by atoms with Crippen LogP contribution in [-0.2, 0) is 0 Å². The van der Waals surface area contributed by atoms with Gasteiger partial charge in [0.1, 0.15) is 0 Å².